The molecule has 30 heavy (non-hydrogen) atoms. The van der Waals surface area contributed by atoms with Gasteiger partial charge >= 0.3 is 0 Å². The number of aromatic amines is 1. The van der Waals surface area contributed by atoms with Crippen LogP contribution in [0.5, 0.6) is 11.5 Å². The number of nitrogens with one attached hydrogen (secondary N) is 1. The van der Waals surface area contributed by atoms with Crippen molar-refractivity contribution in [3.05, 3.63) is 35.7 Å². The molecule has 1 aromatic heterocycles. The van der Waals surface area contributed by atoms with Crippen LogP contribution >= 0.6 is 0 Å². The fourth-order valence-electron chi connectivity index (χ4n) is 4.82. The molecule has 164 valence electrons. The number of fused-ring (bicyclic) bond motifs is 2. The number of aromatic nitrogens is 2. The lowest BCUT2D eigenvalue weighted by molar-refractivity contribution is 0.0608. The number of nitrogens with zero attached hydrogens (tertiary/aromatic N) is 2. The summed E-state index contributed by atoms with van der Waals surface area (Å²) in [6, 6.07) is 8.27. The van der Waals surface area contributed by atoms with Crippen molar-refractivity contribution in [1.29, 1.82) is 0 Å². The SMILES string of the molecule is CCCOc1ccc(O[C@@H]2C[C@H]3CC[C@@H](C2)N3CS(=O)(=O)c2c(C)n[nH]c2C)cc1. The van der Waals surface area contributed by atoms with Crippen molar-refractivity contribution >= 4 is 9.84 Å². The van der Waals surface area contributed by atoms with Gasteiger partial charge in [0.1, 0.15) is 28.4 Å². The van der Waals surface area contributed by atoms with Crippen molar-refractivity contribution in [2.45, 2.75) is 76.0 Å². The molecule has 0 radical (unpaired) electrons. The highest BCUT2D eigenvalue weighted by Crippen LogP contribution is 2.38. The van der Waals surface area contributed by atoms with Crippen LogP contribution in [0.3, 0.4) is 0 Å². The van der Waals surface area contributed by atoms with Crippen LogP contribution in [0.2, 0.25) is 0 Å². The van der Waals surface area contributed by atoms with E-state index in [1.807, 2.05) is 24.3 Å². The van der Waals surface area contributed by atoms with Crippen LogP contribution < -0.4 is 9.47 Å². The van der Waals surface area contributed by atoms with Crippen LogP contribution in [0.1, 0.15) is 50.4 Å². The van der Waals surface area contributed by atoms with Crippen molar-refractivity contribution in [3.63, 3.8) is 0 Å². The number of sulfone groups is 1. The van der Waals surface area contributed by atoms with E-state index in [1.54, 1.807) is 13.8 Å². The standard InChI is InChI=1S/C22H31N3O4S/c1-4-11-28-19-7-9-20(10-8-19)29-21-12-17-5-6-18(13-21)25(17)14-30(26,27)22-15(2)23-24-16(22)3/h7-10,17-18,21H,4-6,11-14H2,1-3H3,(H,23,24)/t17-,18+,21-. The van der Waals surface area contributed by atoms with E-state index in [1.165, 1.54) is 0 Å². The van der Waals surface area contributed by atoms with E-state index in [4.69, 9.17) is 9.47 Å². The molecule has 2 aliphatic rings. The van der Waals surface area contributed by atoms with E-state index in [-0.39, 0.29) is 24.1 Å². The largest absolute Gasteiger partial charge is 0.494 e. The third-order valence-electron chi connectivity index (χ3n) is 6.13. The molecule has 3 heterocycles. The predicted molar refractivity (Wildman–Crippen MR) is 115 cm³/mol. The van der Waals surface area contributed by atoms with Crippen LogP contribution in [0.4, 0.5) is 0 Å². The van der Waals surface area contributed by atoms with Crippen LogP contribution in [0.15, 0.2) is 29.2 Å². The molecule has 2 aromatic rings. The van der Waals surface area contributed by atoms with Gasteiger partial charge in [-0.1, -0.05) is 6.92 Å². The lowest BCUT2D eigenvalue weighted by Gasteiger charge is -2.38. The van der Waals surface area contributed by atoms with E-state index in [9.17, 15) is 8.42 Å². The number of hydrogen-bond acceptors (Lipinski definition) is 6. The molecule has 3 atom stereocenters. The summed E-state index contributed by atoms with van der Waals surface area (Å²) >= 11 is 0. The summed E-state index contributed by atoms with van der Waals surface area (Å²) in [6.45, 7) is 6.30. The van der Waals surface area contributed by atoms with E-state index < -0.39 is 9.84 Å². The number of benzene rings is 1. The van der Waals surface area contributed by atoms with Gasteiger partial charge in [-0.05, 0) is 70.2 Å². The van der Waals surface area contributed by atoms with Gasteiger partial charge in [0.2, 0.25) is 0 Å². The topological polar surface area (TPSA) is 84.5 Å². The molecule has 0 unspecified atom stereocenters. The first kappa shape index (κ1) is 21.2. The molecule has 1 N–H and O–H groups in total. The average molecular weight is 434 g/mol. The summed E-state index contributed by atoms with van der Waals surface area (Å²) in [5, 5.41) is 6.85. The Bertz CT molecular complexity index is 937. The summed E-state index contributed by atoms with van der Waals surface area (Å²) in [7, 11) is -3.42. The summed E-state index contributed by atoms with van der Waals surface area (Å²) in [5.41, 5.74) is 1.16. The van der Waals surface area contributed by atoms with Crippen LogP contribution in [0.25, 0.3) is 0 Å². The second-order valence-corrected chi connectivity index (χ2v) is 10.3. The zero-order chi connectivity index (χ0) is 21.3. The molecule has 2 bridgehead atoms. The van der Waals surface area contributed by atoms with Gasteiger partial charge in [0.15, 0.2) is 9.84 Å². The van der Waals surface area contributed by atoms with E-state index in [0.29, 0.717) is 22.9 Å². The Morgan fingerprint density at radius 2 is 1.73 bits per heavy atom. The number of rotatable bonds is 8. The lowest BCUT2D eigenvalue weighted by Crippen LogP contribution is -2.48. The highest BCUT2D eigenvalue weighted by molar-refractivity contribution is 7.91. The highest BCUT2D eigenvalue weighted by Gasteiger charge is 2.43. The molecule has 7 nitrogen and oxygen atoms in total. The molecular formula is C22H31N3O4S. The van der Waals surface area contributed by atoms with Gasteiger partial charge in [0.25, 0.3) is 0 Å². The predicted octanol–water partition coefficient (Wildman–Crippen LogP) is 3.62. The van der Waals surface area contributed by atoms with Crippen molar-refractivity contribution in [2.24, 2.45) is 0 Å². The summed E-state index contributed by atoms with van der Waals surface area (Å²) in [5.74, 6) is 1.75. The molecule has 1 aromatic carbocycles. The first-order valence-electron chi connectivity index (χ1n) is 10.8. The number of piperidine rings is 1. The molecule has 0 spiro atoms. The fraction of sp³-hybridized carbons (Fsp3) is 0.591. The lowest BCUT2D eigenvalue weighted by atomic mass is 10.0. The molecule has 2 saturated heterocycles. The maximum absolute atomic E-state index is 13.1. The van der Waals surface area contributed by atoms with E-state index in [2.05, 4.69) is 22.0 Å². The van der Waals surface area contributed by atoms with Gasteiger partial charge in [-0.3, -0.25) is 10.00 Å². The minimum atomic E-state index is -3.42. The molecule has 0 amide bonds. The zero-order valence-corrected chi connectivity index (χ0v) is 18.7. The van der Waals surface area contributed by atoms with E-state index in [0.717, 1.165) is 43.6 Å². The minimum Gasteiger partial charge on any atom is -0.494 e. The van der Waals surface area contributed by atoms with Gasteiger partial charge < -0.3 is 9.47 Å². The Kier molecular flexibility index (Phi) is 6.06. The molecule has 4 rings (SSSR count). The van der Waals surface area contributed by atoms with E-state index >= 15 is 0 Å². The Hall–Kier alpha value is -2.06. The molecule has 0 saturated carbocycles. The second kappa shape index (κ2) is 8.59. The van der Waals surface area contributed by atoms with Gasteiger partial charge in [0, 0.05) is 12.1 Å². The first-order valence-corrected chi connectivity index (χ1v) is 12.4. The van der Waals surface area contributed by atoms with Gasteiger partial charge in [-0.25, -0.2) is 8.42 Å². The number of ether oxygens (including phenoxy) is 2. The van der Waals surface area contributed by atoms with Crippen molar-refractivity contribution < 1.29 is 17.9 Å². The quantitative estimate of drug-likeness (QED) is 0.684. The third-order valence-corrected chi connectivity index (χ3v) is 7.99. The molecule has 2 aliphatic heterocycles. The molecule has 2 fully saturated rings. The average Bonchev–Trinajstić information content (AvgIpc) is 3.15. The van der Waals surface area contributed by atoms with Crippen molar-refractivity contribution in [2.75, 3.05) is 12.5 Å². The molecule has 8 heteroatoms. The number of hydrogen-bond donors (Lipinski definition) is 1. The summed E-state index contributed by atoms with van der Waals surface area (Å²) in [4.78, 5) is 2.52. The second-order valence-electron chi connectivity index (χ2n) is 8.44. The zero-order valence-electron chi connectivity index (χ0n) is 17.9. The normalized spacial score (nSPS) is 24.2. The fourth-order valence-corrected chi connectivity index (χ4v) is 6.77. The van der Waals surface area contributed by atoms with Crippen LogP contribution in [-0.2, 0) is 9.84 Å². The Morgan fingerprint density at radius 1 is 1.10 bits per heavy atom. The van der Waals surface area contributed by atoms with Gasteiger partial charge in [-0.15, -0.1) is 0 Å². The first-order chi connectivity index (χ1) is 14.4. The monoisotopic (exact) mass is 433 g/mol. The minimum absolute atomic E-state index is 0.0553. The number of H-pyrrole nitrogens is 1. The third kappa shape index (κ3) is 4.34. The summed E-state index contributed by atoms with van der Waals surface area (Å²) in [6.07, 6.45) is 4.84. The van der Waals surface area contributed by atoms with Gasteiger partial charge in [-0.2, -0.15) is 5.10 Å². The maximum atomic E-state index is 13.1. The Morgan fingerprint density at radius 3 is 2.30 bits per heavy atom. The number of aryl methyl sites for hydroxylation is 2. The summed E-state index contributed by atoms with van der Waals surface area (Å²) < 4.78 is 38.0. The molecular weight excluding hydrogens is 402 g/mol. The van der Waals surface area contributed by atoms with Crippen molar-refractivity contribution in [1.82, 2.24) is 15.1 Å². The maximum Gasteiger partial charge on any atom is 0.195 e. The van der Waals surface area contributed by atoms with Gasteiger partial charge in [0.05, 0.1) is 18.0 Å². The Labute approximate surface area is 178 Å². The molecule has 0 aliphatic carbocycles. The van der Waals surface area contributed by atoms with Crippen LogP contribution in [-0.4, -0.2) is 54.2 Å². The van der Waals surface area contributed by atoms with Crippen molar-refractivity contribution in [3.8, 4) is 11.5 Å². The van der Waals surface area contributed by atoms with Crippen LogP contribution in [0, 0.1) is 13.8 Å². The Balaban J connectivity index is 1.39. The smallest absolute Gasteiger partial charge is 0.195 e. The highest BCUT2D eigenvalue weighted by atomic mass is 32.2.